The summed E-state index contributed by atoms with van der Waals surface area (Å²) in [5.41, 5.74) is -0.00125. The normalized spacial score (nSPS) is 17.1. The van der Waals surface area contributed by atoms with E-state index in [2.05, 4.69) is 16.6 Å². The van der Waals surface area contributed by atoms with Gasteiger partial charge in [-0.1, -0.05) is 62.4 Å². The minimum Gasteiger partial charge on any atom is -0.429 e. The molecular formula is C35H32ClF6NO. The lowest BCUT2D eigenvalue weighted by molar-refractivity contribution is -0.189. The van der Waals surface area contributed by atoms with E-state index in [9.17, 15) is 22.0 Å². The number of hydrogen-bond donors (Lipinski definition) is 0. The number of rotatable bonds is 10. The molecule has 0 bridgehead atoms. The first-order valence-electron chi connectivity index (χ1n) is 14.8. The van der Waals surface area contributed by atoms with Crippen molar-refractivity contribution in [3.05, 3.63) is 106 Å². The van der Waals surface area contributed by atoms with E-state index in [0.29, 0.717) is 35.4 Å². The van der Waals surface area contributed by atoms with Gasteiger partial charge in [-0.2, -0.15) is 8.78 Å². The van der Waals surface area contributed by atoms with Crippen LogP contribution < -0.4 is 4.74 Å². The van der Waals surface area contributed by atoms with Gasteiger partial charge in [-0.25, -0.2) is 17.6 Å². The van der Waals surface area contributed by atoms with E-state index in [1.165, 1.54) is 50.7 Å². The summed E-state index contributed by atoms with van der Waals surface area (Å²) < 4.78 is 92.4. The Morgan fingerprint density at radius 2 is 1.50 bits per heavy atom. The Bertz CT molecular complexity index is 1580. The molecule has 1 fully saturated rings. The monoisotopic (exact) mass is 631 g/mol. The lowest BCUT2D eigenvalue weighted by Gasteiger charge is -2.28. The van der Waals surface area contributed by atoms with Crippen molar-refractivity contribution in [3.8, 4) is 28.1 Å². The first kappa shape index (κ1) is 31.9. The topological polar surface area (TPSA) is 22.1 Å². The second kappa shape index (κ2) is 13.6. The summed E-state index contributed by atoms with van der Waals surface area (Å²) in [5.74, 6) is -4.60. The van der Waals surface area contributed by atoms with Crippen molar-refractivity contribution in [3.63, 3.8) is 0 Å². The van der Waals surface area contributed by atoms with Gasteiger partial charge >= 0.3 is 6.11 Å². The Hall–Kier alpha value is -3.52. The Balaban J connectivity index is 1.29. The summed E-state index contributed by atoms with van der Waals surface area (Å²) in [4.78, 5) is 4.54. The second-order valence-electron chi connectivity index (χ2n) is 11.4. The maximum Gasteiger partial charge on any atom is 0.432 e. The van der Waals surface area contributed by atoms with Crippen molar-refractivity contribution >= 4 is 11.6 Å². The van der Waals surface area contributed by atoms with E-state index >= 15 is 4.39 Å². The van der Waals surface area contributed by atoms with Gasteiger partial charge in [-0.05, 0) is 85.0 Å². The van der Waals surface area contributed by atoms with Gasteiger partial charge in [-0.15, -0.1) is 0 Å². The summed E-state index contributed by atoms with van der Waals surface area (Å²) >= 11 is 5.53. The zero-order chi connectivity index (χ0) is 31.4. The number of pyridine rings is 1. The molecule has 0 atom stereocenters. The average molecular weight is 632 g/mol. The van der Waals surface area contributed by atoms with Crippen LogP contribution in [-0.2, 0) is 6.11 Å². The van der Waals surface area contributed by atoms with Crippen LogP contribution in [0.4, 0.5) is 26.3 Å². The van der Waals surface area contributed by atoms with Crippen LogP contribution in [0.2, 0.25) is 5.02 Å². The highest BCUT2D eigenvalue weighted by atomic mass is 35.5. The molecule has 1 aliphatic rings. The Labute approximate surface area is 258 Å². The van der Waals surface area contributed by atoms with Crippen LogP contribution in [0, 0.1) is 29.2 Å². The van der Waals surface area contributed by atoms with Crippen LogP contribution in [0.15, 0.2) is 66.9 Å². The van der Waals surface area contributed by atoms with E-state index in [0.717, 1.165) is 36.5 Å². The van der Waals surface area contributed by atoms with Gasteiger partial charge < -0.3 is 4.74 Å². The van der Waals surface area contributed by atoms with Gasteiger partial charge in [0.2, 0.25) is 0 Å². The zero-order valence-corrected chi connectivity index (χ0v) is 24.9. The predicted octanol–water partition coefficient (Wildman–Crippen LogP) is 11.6. The third-order valence-corrected chi connectivity index (χ3v) is 8.67. The van der Waals surface area contributed by atoms with Crippen LogP contribution >= 0.6 is 11.6 Å². The smallest absolute Gasteiger partial charge is 0.429 e. The Kier molecular flexibility index (Phi) is 9.88. The number of aromatic nitrogens is 1. The molecule has 1 aliphatic carbocycles. The SMILES string of the molecule is CCCCCC1CCC(c2ccc(-c3ccc(-c4cc(F)c(C(F)(F)Oc5ccc(Cl)c(F)c5)c(F)c4)c(F)c3)nc2)CC1. The third kappa shape index (κ3) is 7.23. The molecule has 44 heavy (non-hydrogen) atoms. The quantitative estimate of drug-likeness (QED) is 0.128. The maximum absolute atomic E-state index is 15.2. The lowest BCUT2D eigenvalue weighted by Crippen LogP contribution is -2.25. The number of ether oxygens (including phenoxy) is 1. The van der Waals surface area contributed by atoms with E-state index in [1.807, 2.05) is 18.3 Å². The van der Waals surface area contributed by atoms with E-state index < -0.39 is 40.7 Å². The molecule has 1 heterocycles. The number of benzene rings is 3. The Morgan fingerprint density at radius 3 is 2.11 bits per heavy atom. The summed E-state index contributed by atoms with van der Waals surface area (Å²) in [6, 6.07) is 11.6. The van der Waals surface area contributed by atoms with E-state index in [1.54, 1.807) is 6.07 Å². The fraction of sp³-hybridized carbons (Fsp3) is 0.343. The number of halogens is 7. The molecule has 5 rings (SSSR count). The molecular weight excluding hydrogens is 600 g/mol. The highest BCUT2D eigenvalue weighted by Gasteiger charge is 2.41. The molecule has 2 nitrogen and oxygen atoms in total. The molecule has 9 heteroatoms. The van der Waals surface area contributed by atoms with Crippen LogP contribution in [-0.4, -0.2) is 4.98 Å². The number of alkyl halides is 2. The van der Waals surface area contributed by atoms with Crippen LogP contribution in [0.1, 0.15) is 75.3 Å². The minimum absolute atomic E-state index is 0.186. The molecule has 232 valence electrons. The van der Waals surface area contributed by atoms with Gasteiger partial charge in [0.1, 0.15) is 34.6 Å². The summed E-state index contributed by atoms with van der Waals surface area (Å²) in [7, 11) is 0. The molecule has 0 aliphatic heterocycles. The van der Waals surface area contributed by atoms with Gasteiger partial charge in [0.25, 0.3) is 0 Å². The first-order valence-corrected chi connectivity index (χ1v) is 15.2. The van der Waals surface area contributed by atoms with E-state index in [4.69, 9.17) is 11.6 Å². The molecule has 0 amide bonds. The fourth-order valence-electron chi connectivity index (χ4n) is 5.94. The highest BCUT2D eigenvalue weighted by Crippen LogP contribution is 2.40. The largest absolute Gasteiger partial charge is 0.432 e. The van der Waals surface area contributed by atoms with Crippen molar-refractivity contribution in [1.29, 1.82) is 0 Å². The lowest BCUT2D eigenvalue weighted by atomic mass is 9.77. The number of hydrogen-bond acceptors (Lipinski definition) is 2. The van der Waals surface area contributed by atoms with Crippen LogP contribution in [0.5, 0.6) is 5.75 Å². The van der Waals surface area contributed by atoms with Gasteiger partial charge in [0.15, 0.2) is 0 Å². The van der Waals surface area contributed by atoms with E-state index in [-0.39, 0.29) is 16.1 Å². The number of unbranched alkanes of at least 4 members (excludes halogenated alkanes) is 2. The molecule has 0 spiro atoms. The number of nitrogens with zero attached hydrogens (tertiary/aromatic N) is 1. The van der Waals surface area contributed by atoms with Crippen molar-refractivity contribution in [2.45, 2.75) is 70.3 Å². The molecule has 0 unspecified atom stereocenters. The second-order valence-corrected chi connectivity index (χ2v) is 11.8. The molecule has 1 saturated carbocycles. The molecule has 0 saturated heterocycles. The standard InChI is InChI=1S/C35H32ClF6NO/c1-2-3-4-5-21-6-8-22(9-7-21)24-11-15-33(43-20-24)23-10-13-27(29(37)16-23)25-17-31(39)34(32(40)18-25)35(41,42)44-26-12-14-28(36)30(38)19-26/h10-22H,2-9H2,1H3. The van der Waals surface area contributed by atoms with Gasteiger partial charge in [-0.3, -0.25) is 4.98 Å². The average Bonchev–Trinajstić information content (AvgIpc) is 2.99. The zero-order valence-electron chi connectivity index (χ0n) is 24.2. The highest BCUT2D eigenvalue weighted by molar-refractivity contribution is 6.30. The predicted molar refractivity (Wildman–Crippen MR) is 160 cm³/mol. The summed E-state index contributed by atoms with van der Waals surface area (Å²) in [6.45, 7) is 2.22. The van der Waals surface area contributed by atoms with Crippen molar-refractivity contribution in [1.82, 2.24) is 4.98 Å². The Morgan fingerprint density at radius 1 is 0.795 bits per heavy atom. The molecule has 0 radical (unpaired) electrons. The van der Waals surface area contributed by atoms with Gasteiger partial charge in [0, 0.05) is 23.4 Å². The third-order valence-electron chi connectivity index (χ3n) is 8.37. The maximum atomic E-state index is 15.2. The summed E-state index contributed by atoms with van der Waals surface area (Å²) in [5, 5.41) is -0.339. The van der Waals surface area contributed by atoms with Crippen LogP contribution in [0.3, 0.4) is 0 Å². The van der Waals surface area contributed by atoms with Crippen LogP contribution in [0.25, 0.3) is 22.4 Å². The van der Waals surface area contributed by atoms with Crippen molar-refractivity contribution in [2.24, 2.45) is 5.92 Å². The molecule has 1 aromatic heterocycles. The first-order chi connectivity index (χ1) is 21.1. The summed E-state index contributed by atoms with van der Waals surface area (Å²) in [6.07, 6.45) is 7.15. The molecule has 3 aromatic carbocycles. The van der Waals surface area contributed by atoms with Crippen molar-refractivity contribution < 1.29 is 31.1 Å². The minimum atomic E-state index is -4.50. The van der Waals surface area contributed by atoms with Gasteiger partial charge in [0.05, 0.1) is 10.7 Å². The molecule has 4 aromatic rings. The van der Waals surface area contributed by atoms with Crippen molar-refractivity contribution in [2.75, 3.05) is 0 Å². The molecule has 0 N–H and O–H groups in total. The fourth-order valence-corrected chi connectivity index (χ4v) is 6.06.